The lowest BCUT2D eigenvalue weighted by Gasteiger charge is -2.33. The van der Waals surface area contributed by atoms with Gasteiger partial charge in [0.2, 0.25) is 0 Å². The minimum atomic E-state index is -0.0432. The van der Waals surface area contributed by atoms with E-state index in [1.807, 2.05) is 16.8 Å². The van der Waals surface area contributed by atoms with Gasteiger partial charge in [-0.3, -0.25) is 0 Å². The van der Waals surface area contributed by atoms with E-state index in [0.717, 1.165) is 22.5 Å². The van der Waals surface area contributed by atoms with E-state index in [0.29, 0.717) is 0 Å². The standard InChI is InChI=1S/C14H21BrN4/c1-13(2,3)9-14(4,5)18-11-12-16-6-7-19(12)8-10(15)17-11/h6-8H,9H2,1-5H3,(H,17,18). The smallest absolute Gasteiger partial charge is 0.180 e. The second-order valence-corrected chi connectivity index (χ2v) is 7.63. The first-order valence-corrected chi connectivity index (χ1v) is 7.23. The van der Waals surface area contributed by atoms with Crippen molar-refractivity contribution in [1.29, 1.82) is 0 Å². The number of halogens is 1. The summed E-state index contributed by atoms with van der Waals surface area (Å²) >= 11 is 3.44. The Bertz CT molecular complexity index is 581. The largest absolute Gasteiger partial charge is 0.362 e. The number of nitrogens with zero attached hydrogens (tertiary/aromatic N) is 3. The normalized spacial score (nSPS) is 12.9. The summed E-state index contributed by atoms with van der Waals surface area (Å²) in [5, 5.41) is 3.52. The van der Waals surface area contributed by atoms with Crippen molar-refractivity contribution in [3.8, 4) is 0 Å². The number of hydrogen-bond donors (Lipinski definition) is 1. The quantitative estimate of drug-likeness (QED) is 0.923. The highest BCUT2D eigenvalue weighted by molar-refractivity contribution is 9.10. The highest BCUT2D eigenvalue weighted by Crippen LogP contribution is 2.30. The molecule has 0 bridgehead atoms. The highest BCUT2D eigenvalue weighted by Gasteiger charge is 2.26. The fourth-order valence-electron chi connectivity index (χ4n) is 2.68. The summed E-state index contributed by atoms with van der Waals surface area (Å²) < 4.78 is 2.76. The van der Waals surface area contributed by atoms with Gasteiger partial charge in [0.05, 0.1) is 0 Å². The Labute approximate surface area is 122 Å². The van der Waals surface area contributed by atoms with Crippen molar-refractivity contribution in [2.24, 2.45) is 5.41 Å². The van der Waals surface area contributed by atoms with Gasteiger partial charge in [-0.05, 0) is 41.6 Å². The van der Waals surface area contributed by atoms with E-state index in [9.17, 15) is 0 Å². The average molecular weight is 325 g/mol. The molecule has 1 N–H and O–H groups in total. The van der Waals surface area contributed by atoms with Gasteiger partial charge in [-0.15, -0.1) is 0 Å². The van der Waals surface area contributed by atoms with Crippen LogP contribution in [0.25, 0.3) is 5.65 Å². The van der Waals surface area contributed by atoms with Crippen molar-refractivity contribution in [3.05, 3.63) is 23.2 Å². The second kappa shape index (κ2) is 4.78. The predicted molar refractivity (Wildman–Crippen MR) is 82.5 cm³/mol. The molecule has 2 aromatic rings. The van der Waals surface area contributed by atoms with Crippen molar-refractivity contribution in [1.82, 2.24) is 14.4 Å². The lowest BCUT2D eigenvalue weighted by atomic mass is 9.82. The third-order valence-corrected chi connectivity index (χ3v) is 3.16. The molecule has 0 unspecified atom stereocenters. The Balaban J connectivity index is 2.32. The molecule has 0 fully saturated rings. The first kappa shape index (κ1) is 14.3. The number of anilines is 1. The van der Waals surface area contributed by atoms with Crippen LogP contribution >= 0.6 is 15.9 Å². The number of hydrogen-bond acceptors (Lipinski definition) is 3. The van der Waals surface area contributed by atoms with Gasteiger partial charge in [0.25, 0.3) is 0 Å². The summed E-state index contributed by atoms with van der Waals surface area (Å²) in [4.78, 5) is 8.87. The number of nitrogens with one attached hydrogen (secondary N) is 1. The van der Waals surface area contributed by atoms with Crippen LogP contribution in [0.1, 0.15) is 41.0 Å². The van der Waals surface area contributed by atoms with Crippen LogP contribution < -0.4 is 5.32 Å². The van der Waals surface area contributed by atoms with Gasteiger partial charge in [0.15, 0.2) is 11.5 Å². The van der Waals surface area contributed by atoms with Crippen LogP contribution in [0, 0.1) is 5.41 Å². The Kier molecular flexibility index (Phi) is 3.60. The summed E-state index contributed by atoms with van der Waals surface area (Å²) in [6, 6.07) is 0. The Morgan fingerprint density at radius 2 is 1.95 bits per heavy atom. The lowest BCUT2D eigenvalue weighted by Crippen LogP contribution is -2.36. The lowest BCUT2D eigenvalue weighted by molar-refractivity contribution is 0.302. The maximum Gasteiger partial charge on any atom is 0.180 e. The maximum atomic E-state index is 4.51. The molecule has 2 rings (SSSR count). The summed E-state index contributed by atoms with van der Waals surface area (Å²) in [5.74, 6) is 0.814. The monoisotopic (exact) mass is 324 g/mol. The van der Waals surface area contributed by atoms with Gasteiger partial charge in [-0.25, -0.2) is 9.97 Å². The zero-order valence-electron chi connectivity index (χ0n) is 12.2. The van der Waals surface area contributed by atoms with Crippen molar-refractivity contribution in [2.45, 2.75) is 46.6 Å². The molecular weight excluding hydrogens is 304 g/mol. The van der Waals surface area contributed by atoms with Crippen LogP contribution in [0.5, 0.6) is 0 Å². The van der Waals surface area contributed by atoms with Crippen molar-refractivity contribution in [2.75, 3.05) is 5.32 Å². The maximum absolute atomic E-state index is 4.51. The van der Waals surface area contributed by atoms with Gasteiger partial charge in [0.1, 0.15) is 4.60 Å². The molecule has 0 aliphatic heterocycles. The summed E-state index contributed by atoms with van der Waals surface area (Å²) in [7, 11) is 0. The first-order chi connectivity index (χ1) is 8.66. The second-order valence-electron chi connectivity index (χ2n) is 6.82. The average Bonchev–Trinajstić information content (AvgIpc) is 2.59. The molecule has 0 saturated heterocycles. The van der Waals surface area contributed by atoms with Crippen LogP contribution in [0.2, 0.25) is 0 Å². The molecule has 2 heterocycles. The minimum Gasteiger partial charge on any atom is -0.362 e. The molecule has 2 aromatic heterocycles. The van der Waals surface area contributed by atoms with Crippen molar-refractivity contribution in [3.63, 3.8) is 0 Å². The molecule has 19 heavy (non-hydrogen) atoms. The van der Waals surface area contributed by atoms with Crippen LogP contribution in [0.3, 0.4) is 0 Å². The van der Waals surface area contributed by atoms with E-state index >= 15 is 0 Å². The molecule has 0 saturated carbocycles. The SMILES string of the molecule is CC(C)(C)CC(C)(C)Nc1nc(Br)cn2ccnc12. The summed E-state index contributed by atoms with van der Waals surface area (Å²) in [6.07, 6.45) is 6.65. The van der Waals surface area contributed by atoms with Gasteiger partial charge in [-0.2, -0.15) is 0 Å². The molecule has 0 aliphatic carbocycles. The Morgan fingerprint density at radius 1 is 1.26 bits per heavy atom. The molecule has 0 amide bonds. The van der Waals surface area contributed by atoms with E-state index in [1.54, 1.807) is 6.20 Å². The van der Waals surface area contributed by atoms with Gasteiger partial charge in [-0.1, -0.05) is 20.8 Å². The van der Waals surface area contributed by atoms with Crippen LogP contribution in [-0.4, -0.2) is 19.9 Å². The van der Waals surface area contributed by atoms with E-state index in [1.165, 1.54) is 0 Å². The fraction of sp³-hybridized carbons (Fsp3) is 0.571. The number of aromatic nitrogens is 3. The molecule has 0 atom stereocenters. The molecular formula is C14H21BrN4. The van der Waals surface area contributed by atoms with E-state index in [4.69, 9.17) is 0 Å². The molecule has 0 radical (unpaired) electrons. The van der Waals surface area contributed by atoms with E-state index in [2.05, 4.69) is 65.8 Å². The molecule has 5 heteroatoms. The van der Waals surface area contributed by atoms with Crippen LogP contribution in [0.4, 0.5) is 5.82 Å². The van der Waals surface area contributed by atoms with Crippen LogP contribution in [-0.2, 0) is 0 Å². The highest BCUT2D eigenvalue weighted by atomic mass is 79.9. The Morgan fingerprint density at radius 3 is 2.58 bits per heavy atom. The Hall–Kier alpha value is -1.10. The fourth-order valence-corrected chi connectivity index (χ4v) is 3.07. The predicted octanol–water partition coefficient (Wildman–Crippen LogP) is 4.12. The van der Waals surface area contributed by atoms with Crippen molar-refractivity contribution >= 4 is 27.4 Å². The third kappa shape index (κ3) is 3.69. The molecule has 0 aromatic carbocycles. The molecule has 4 nitrogen and oxygen atoms in total. The minimum absolute atomic E-state index is 0.0432. The van der Waals surface area contributed by atoms with Gasteiger partial charge >= 0.3 is 0 Å². The van der Waals surface area contributed by atoms with Gasteiger partial charge < -0.3 is 9.72 Å². The zero-order chi connectivity index (χ0) is 14.3. The number of rotatable bonds is 3. The first-order valence-electron chi connectivity index (χ1n) is 6.44. The van der Waals surface area contributed by atoms with E-state index < -0.39 is 0 Å². The van der Waals surface area contributed by atoms with Crippen molar-refractivity contribution < 1.29 is 0 Å². The van der Waals surface area contributed by atoms with Gasteiger partial charge in [0, 0.05) is 24.1 Å². The number of fused-ring (bicyclic) bond motifs is 1. The molecule has 0 spiro atoms. The third-order valence-electron chi connectivity index (χ3n) is 2.77. The van der Waals surface area contributed by atoms with Crippen LogP contribution in [0.15, 0.2) is 23.2 Å². The van der Waals surface area contributed by atoms with E-state index in [-0.39, 0.29) is 11.0 Å². The molecule has 104 valence electrons. The topological polar surface area (TPSA) is 42.2 Å². The number of imidazole rings is 1. The summed E-state index contributed by atoms with van der Waals surface area (Å²) in [5.41, 5.74) is 1.07. The molecule has 0 aliphatic rings. The summed E-state index contributed by atoms with van der Waals surface area (Å²) in [6.45, 7) is 11.1. The zero-order valence-corrected chi connectivity index (χ0v) is 13.7.